The van der Waals surface area contributed by atoms with E-state index in [4.69, 9.17) is 10.00 Å². The van der Waals surface area contributed by atoms with Gasteiger partial charge in [0, 0.05) is 0 Å². The summed E-state index contributed by atoms with van der Waals surface area (Å²) < 4.78 is 32.8. The minimum atomic E-state index is -0.734. The Labute approximate surface area is 186 Å². The molecule has 0 N–H and O–H groups in total. The number of benzene rings is 1. The normalized spacial score (nSPS) is 26.2. The minimum Gasteiger partial charge on any atom is -0.502 e. The molecule has 2 nitrogen and oxygen atoms in total. The third-order valence-electron chi connectivity index (χ3n) is 7.75. The third-order valence-corrected chi connectivity index (χ3v) is 7.75. The topological polar surface area (TPSA) is 33.0 Å². The number of nitrogens with zero attached hydrogens (tertiary/aromatic N) is 1. The van der Waals surface area contributed by atoms with Crippen molar-refractivity contribution in [3.05, 3.63) is 47.7 Å². The van der Waals surface area contributed by atoms with Crippen LogP contribution in [-0.2, 0) is 11.2 Å². The molecule has 4 heteroatoms. The van der Waals surface area contributed by atoms with E-state index in [1.165, 1.54) is 82.6 Å². The fraction of sp³-hybridized carbons (Fsp3) is 0.667. The second-order valence-corrected chi connectivity index (χ2v) is 9.68. The number of unbranched alkanes of at least 4 members (excludes halogenated alkanes) is 1. The Kier molecular flexibility index (Phi) is 9.37. The lowest BCUT2D eigenvalue weighted by atomic mass is 9.68. The van der Waals surface area contributed by atoms with Gasteiger partial charge < -0.3 is 4.74 Å². The molecule has 2 aliphatic rings. The van der Waals surface area contributed by atoms with E-state index in [1.807, 2.05) is 0 Å². The van der Waals surface area contributed by atoms with E-state index in [0.717, 1.165) is 37.2 Å². The van der Waals surface area contributed by atoms with Crippen LogP contribution in [0.5, 0.6) is 0 Å². The Morgan fingerprint density at radius 1 is 0.903 bits per heavy atom. The minimum absolute atomic E-state index is 0.472. The number of hydrogen-bond acceptors (Lipinski definition) is 2. The van der Waals surface area contributed by atoms with Crippen LogP contribution in [0.1, 0.15) is 88.2 Å². The second-order valence-electron chi connectivity index (χ2n) is 9.68. The van der Waals surface area contributed by atoms with E-state index in [1.54, 1.807) is 6.07 Å². The summed E-state index contributed by atoms with van der Waals surface area (Å²) in [5.41, 5.74) is 0.200. The third kappa shape index (κ3) is 7.06. The first-order valence-corrected chi connectivity index (χ1v) is 12.2. The number of nitriles is 1. The summed E-state index contributed by atoms with van der Waals surface area (Å²) >= 11 is 0. The van der Waals surface area contributed by atoms with Crippen LogP contribution in [-0.4, -0.2) is 6.61 Å². The van der Waals surface area contributed by atoms with Crippen LogP contribution < -0.4 is 0 Å². The maximum atomic E-state index is 13.8. The van der Waals surface area contributed by atoms with Crippen LogP contribution in [0.2, 0.25) is 0 Å². The van der Waals surface area contributed by atoms with Crippen LogP contribution in [0.25, 0.3) is 0 Å². The summed E-state index contributed by atoms with van der Waals surface area (Å²) in [6, 6.07) is 4.26. The lowest BCUT2D eigenvalue weighted by molar-refractivity contribution is 0.139. The van der Waals surface area contributed by atoms with E-state index in [-0.39, 0.29) is 0 Å². The smallest absolute Gasteiger partial charge is 0.144 e. The molecular formula is C27H37F2NO. The predicted octanol–water partition coefficient (Wildman–Crippen LogP) is 7.71. The summed E-state index contributed by atoms with van der Waals surface area (Å²) in [5.74, 6) is 1.88. The predicted molar refractivity (Wildman–Crippen MR) is 120 cm³/mol. The van der Waals surface area contributed by atoms with Crippen molar-refractivity contribution in [2.75, 3.05) is 6.61 Å². The zero-order chi connectivity index (χ0) is 22.1. The molecule has 0 saturated heterocycles. The van der Waals surface area contributed by atoms with Gasteiger partial charge in [0.15, 0.2) is 0 Å². The highest BCUT2D eigenvalue weighted by Crippen LogP contribution is 2.43. The van der Waals surface area contributed by atoms with Gasteiger partial charge in [0.2, 0.25) is 0 Å². The Bertz CT molecular complexity index is 717. The van der Waals surface area contributed by atoms with Gasteiger partial charge in [-0.2, -0.15) is 5.26 Å². The van der Waals surface area contributed by atoms with Gasteiger partial charge in [-0.05, 0) is 92.7 Å². The largest absolute Gasteiger partial charge is 0.502 e. The van der Waals surface area contributed by atoms with E-state index in [9.17, 15) is 8.78 Å². The summed E-state index contributed by atoms with van der Waals surface area (Å²) in [4.78, 5) is 0. The van der Waals surface area contributed by atoms with Crippen LogP contribution in [0, 0.1) is 46.6 Å². The Balaban J connectivity index is 1.33. The number of aryl methyl sites for hydroxylation is 1. The Hall–Kier alpha value is -1.89. The SMILES string of the molecule is C=COCCCCC1CCC(C2CCC(CCc3cc(F)c(C#N)c(F)c3)CC2)CC1. The van der Waals surface area contributed by atoms with Gasteiger partial charge in [0.1, 0.15) is 23.3 Å². The summed E-state index contributed by atoms with van der Waals surface area (Å²) in [6.45, 7) is 4.39. The molecule has 3 rings (SSSR count). The maximum Gasteiger partial charge on any atom is 0.144 e. The molecule has 0 radical (unpaired) electrons. The van der Waals surface area contributed by atoms with Gasteiger partial charge in [-0.1, -0.05) is 38.7 Å². The van der Waals surface area contributed by atoms with E-state index >= 15 is 0 Å². The Morgan fingerprint density at radius 3 is 1.97 bits per heavy atom. The van der Waals surface area contributed by atoms with Crippen molar-refractivity contribution in [2.45, 2.75) is 83.5 Å². The van der Waals surface area contributed by atoms with E-state index < -0.39 is 17.2 Å². The van der Waals surface area contributed by atoms with Crippen molar-refractivity contribution < 1.29 is 13.5 Å². The summed E-state index contributed by atoms with van der Waals surface area (Å²) in [5, 5.41) is 8.80. The van der Waals surface area contributed by atoms with Crippen molar-refractivity contribution >= 4 is 0 Å². The molecule has 31 heavy (non-hydrogen) atoms. The molecule has 0 atom stereocenters. The molecule has 0 bridgehead atoms. The second kappa shape index (κ2) is 12.2. The monoisotopic (exact) mass is 429 g/mol. The van der Waals surface area contributed by atoms with Crippen molar-refractivity contribution in [3.63, 3.8) is 0 Å². The summed E-state index contributed by atoms with van der Waals surface area (Å²) in [7, 11) is 0. The first-order chi connectivity index (χ1) is 15.1. The molecule has 0 unspecified atom stereocenters. The average molecular weight is 430 g/mol. The summed E-state index contributed by atoms with van der Waals surface area (Å²) in [6.07, 6.45) is 17.7. The van der Waals surface area contributed by atoms with Gasteiger partial charge in [0.05, 0.1) is 12.9 Å². The van der Waals surface area contributed by atoms with E-state index in [2.05, 4.69) is 6.58 Å². The molecule has 0 amide bonds. The van der Waals surface area contributed by atoms with Gasteiger partial charge in [0.25, 0.3) is 0 Å². The van der Waals surface area contributed by atoms with Gasteiger partial charge in [-0.3, -0.25) is 0 Å². The molecule has 170 valence electrons. The molecule has 0 spiro atoms. The molecular weight excluding hydrogens is 392 g/mol. The lowest BCUT2D eigenvalue weighted by Crippen LogP contribution is -2.26. The van der Waals surface area contributed by atoms with Gasteiger partial charge in [-0.15, -0.1) is 0 Å². The van der Waals surface area contributed by atoms with Crippen LogP contribution in [0.4, 0.5) is 8.78 Å². The molecule has 1 aromatic rings. The molecule has 0 aromatic heterocycles. The van der Waals surface area contributed by atoms with E-state index in [0.29, 0.717) is 17.9 Å². The van der Waals surface area contributed by atoms with Crippen molar-refractivity contribution in [2.24, 2.45) is 23.7 Å². The Morgan fingerprint density at radius 2 is 1.45 bits per heavy atom. The first-order valence-electron chi connectivity index (χ1n) is 12.2. The number of rotatable bonds is 10. The quantitative estimate of drug-likeness (QED) is 0.282. The zero-order valence-corrected chi connectivity index (χ0v) is 18.8. The van der Waals surface area contributed by atoms with Crippen molar-refractivity contribution in [3.8, 4) is 6.07 Å². The van der Waals surface area contributed by atoms with Crippen LogP contribution in [0.15, 0.2) is 25.0 Å². The average Bonchev–Trinajstić information content (AvgIpc) is 2.78. The molecule has 0 aliphatic heterocycles. The highest BCUT2D eigenvalue weighted by Gasteiger charge is 2.30. The fourth-order valence-corrected chi connectivity index (χ4v) is 5.85. The maximum absolute atomic E-state index is 13.8. The number of halogens is 2. The fourth-order valence-electron chi connectivity index (χ4n) is 5.85. The number of ether oxygens (including phenoxy) is 1. The number of hydrogen-bond donors (Lipinski definition) is 0. The standard InChI is InChI=1S/C27H37F2NO/c1-2-31-16-4-3-5-20-8-12-23(13-9-20)24-14-10-21(11-15-24)6-7-22-17-26(28)25(19-30)27(29)18-22/h2,17-18,20-21,23-24H,1,3-16H2. The molecule has 1 aromatic carbocycles. The highest BCUT2D eigenvalue weighted by molar-refractivity contribution is 5.35. The van der Waals surface area contributed by atoms with Crippen LogP contribution >= 0.6 is 0 Å². The molecule has 2 saturated carbocycles. The van der Waals surface area contributed by atoms with Gasteiger partial charge >= 0.3 is 0 Å². The highest BCUT2D eigenvalue weighted by atomic mass is 19.1. The lowest BCUT2D eigenvalue weighted by Gasteiger charge is -2.38. The van der Waals surface area contributed by atoms with Crippen LogP contribution in [0.3, 0.4) is 0 Å². The first kappa shape index (κ1) is 23.8. The van der Waals surface area contributed by atoms with Crippen molar-refractivity contribution in [1.29, 1.82) is 5.26 Å². The molecule has 2 fully saturated rings. The van der Waals surface area contributed by atoms with Gasteiger partial charge in [-0.25, -0.2) is 8.78 Å². The zero-order valence-electron chi connectivity index (χ0n) is 18.8. The van der Waals surface area contributed by atoms with Crippen molar-refractivity contribution in [1.82, 2.24) is 0 Å². The molecule has 2 aliphatic carbocycles. The molecule has 0 heterocycles.